The van der Waals surface area contributed by atoms with Crippen LogP contribution in [0.5, 0.6) is 0 Å². The molecular formula is C20H25N5OS. The molecule has 2 heterocycles. The normalized spacial score (nSPS) is 11.6. The van der Waals surface area contributed by atoms with Gasteiger partial charge in [0, 0.05) is 36.1 Å². The summed E-state index contributed by atoms with van der Waals surface area (Å²) in [4.78, 5) is 13.6. The van der Waals surface area contributed by atoms with Crippen LogP contribution < -0.4 is 10.6 Å². The van der Waals surface area contributed by atoms with Gasteiger partial charge in [0.05, 0.1) is 11.6 Å². The fraction of sp³-hybridized carbons (Fsp3) is 0.350. The molecule has 2 N–H and O–H groups in total. The van der Waals surface area contributed by atoms with Crippen molar-refractivity contribution >= 4 is 17.3 Å². The van der Waals surface area contributed by atoms with Gasteiger partial charge in [-0.15, -0.1) is 11.3 Å². The number of nitrogens with zero attached hydrogens (tertiary/aromatic N) is 3. The molecule has 0 atom stereocenters. The van der Waals surface area contributed by atoms with Gasteiger partial charge in [-0.05, 0) is 32.4 Å². The Morgan fingerprint density at radius 1 is 1.19 bits per heavy atom. The van der Waals surface area contributed by atoms with Crippen LogP contribution in [-0.2, 0) is 13.0 Å². The molecule has 1 aromatic carbocycles. The summed E-state index contributed by atoms with van der Waals surface area (Å²) in [5.74, 6) is 1.41. The number of aromatic nitrogens is 2. The molecule has 7 heteroatoms. The zero-order valence-electron chi connectivity index (χ0n) is 15.7. The SMILES string of the molecule is CCNC(=NCc1coc(-c2ccccc2)n1)NCCCc1nc(C)cs1. The highest BCUT2D eigenvalue weighted by atomic mass is 32.1. The van der Waals surface area contributed by atoms with Crippen molar-refractivity contribution in [2.45, 2.75) is 33.2 Å². The van der Waals surface area contributed by atoms with E-state index in [2.05, 4.69) is 37.9 Å². The third-order valence-corrected chi connectivity index (χ3v) is 4.87. The molecule has 6 nitrogen and oxygen atoms in total. The lowest BCUT2D eigenvalue weighted by molar-refractivity contribution is 0.572. The molecule has 0 bridgehead atoms. The minimum atomic E-state index is 0.470. The van der Waals surface area contributed by atoms with E-state index in [0.717, 1.165) is 48.8 Å². The molecule has 0 saturated carbocycles. The number of guanidine groups is 1. The van der Waals surface area contributed by atoms with Crippen LogP contribution in [0.25, 0.3) is 11.5 Å². The summed E-state index contributed by atoms with van der Waals surface area (Å²) >= 11 is 1.72. The molecule has 142 valence electrons. The minimum absolute atomic E-state index is 0.470. The van der Waals surface area contributed by atoms with Crippen LogP contribution >= 0.6 is 11.3 Å². The van der Waals surface area contributed by atoms with Gasteiger partial charge in [0.15, 0.2) is 5.96 Å². The zero-order valence-corrected chi connectivity index (χ0v) is 16.6. The average molecular weight is 384 g/mol. The van der Waals surface area contributed by atoms with E-state index in [9.17, 15) is 0 Å². The summed E-state index contributed by atoms with van der Waals surface area (Å²) in [6.07, 6.45) is 3.66. The first-order valence-electron chi connectivity index (χ1n) is 9.17. The zero-order chi connectivity index (χ0) is 18.9. The fourth-order valence-electron chi connectivity index (χ4n) is 2.56. The Hall–Kier alpha value is -2.67. The summed E-state index contributed by atoms with van der Waals surface area (Å²) in [5.41, 5.74) is 2.87. The monoisotopic (exact) mass is 383 g/mol. The highest BCUT2D eigenvalue weighted by Gasteiger charge is 2.06. The van der Waals surface area contributed by atoms with E-state index in [1.165, 1.54) is 5.01 Å². The topological polar surface area (TPSA) is 75.3 Å². The van der Waals surface area contributed by atoms with Crippen LogP contribution in [0.4, 0.5) is 0 Å². The summed E-state index contributed by atoms with van der Waals surface area (Å²) in [6, 6.07) is 9.87. The molecule has 27 heavy (non-hydrogen) atoms. The summed E-state index contributed by atoms with van der Waals surface area (Å²) in [6.45, 7) is 6.21. The maximum Gasteiger partial charge on any atom is 0.226 e. The smallest absolute Gasteiger partial charge is 0.226 e. The van der Waals surface area contributed by atoms with Crippen LogP contribution in [0.15, 0.2) is 51.4 Å². The highest BCUT2D eigenvalue weighted by Crippen LogP contribution is 2.18. The van der Waals surface area contributed by atoms with Gasteiger partial charge >= 0.3 is 0 Å². The standard InChI is InChI=1S/C20H25N5OS/c1-3-21-20(22-11-7-10-18-24-15(2)14-27-18)23-12-17-13-26-19(25-17)16-8-5-4-6-9-16/h4-6,8-9,13-14H,3,7,10-12H2,1-2H3,(H2,21,22,23). The Kier molecular flexibility index (Phi) is 6.98. The third-order valence-electron chi connectivity index (χ3n) is 3.84. The first-order chi connectivity index (χ1) is 13.2. The fourth-order valence-corrected chi connectivity index (χ4v) is 3.38. The first kappa shape index (κ1) is 19.1. The first-order valence-corrected chi connectivity index (χ1v) is 10.1. The van der Waals surface area contributed by atoms with E-state index < -0.39 is 0 Å². The van der Waals surface area contributed by atoms with E-state index in [1.807, 2.05) is 37.3 Å². The largest absolute Gasteiger partial charge is 0.444 e. The maximum absolute atomic E-state index is 5.57. The van der Waals surface area contributed by atoms with Gasteiger partial charge in [-0.2, -0.15) is 0 Å². The van der Waals surface area contributed by atoms with Crippen LogP contribution in [0, 0.1) is 6.92 Å². The second kappa shape index (κ2) is 9.87. The Morgan fingerprint density at radius 3 is 2.78 bits per heavy atom. The van der Waals surface area contributed by atoms with Gasteiger partial charge in [-0.1, -0.05) is 18.2 Å². The molecule has 0 aliphatic heterocycles. The molecule has 0 saturated heterocycles. The summed E-state index contributed by atoms with van der Waals surface area (Å²) in [5, 5.41) is 9.91. The second-order valence-electron chi connectivity index (χ2n) is 6.12. The van der Waals surface area contributed by atoms with Crippen molar-refractivity contribution < 1.29 is 4.42 Å². The van der Waals surface area contributed by atoms with E-state index in [1.54, 1.807) is 17.6 Å². The predicted molar refractivity (Wildman–Crippen MR) is 110 cm³/mol. The number of aliphatic imine (C=N–C) groups is 1. The number of rotatable bonds is 8. The molecule has 0 spiro atoms. The van der Waals surface area contributed by atoms with E-state index in [4.69, 9.17) is 4.42 Å². The number of hydrogen-bond acceptors (Lipinski definition) is 5. The molecule has 3 aromatic rings. The molecule has 3 rings (SSSR count). The van der Waals surface area contributed by atoms with Gasteiger partial charge < -0.3 is 15.1 Å². The maximum atomic E-state index is 5.57. The van der Waals surface area contributed by atoms with Gasteiger partial charge in [-0.25, -0.2) is 15.0 Å². The van der Waals surface area contributed by atoms with E-state index >= 15 is 0 Å². The number of nitrogens with one attached hydrogen (secondary N) is 2. The second-order valence-corrected chi connectivity index (χ2v) is 7.06. The van der Waals surface area contributed by atoms with Crippen molar-refractivity contribution in [1.29, 1.82) is 0 Å². The van der Waals surface area contributed by atoms with Crippen molar-refractivity contribution in [2.75, 3.05) is 13.1 Å². The molecule has 0 radical (unpaired) electrons. The lowest BCUT2D eigenvalue weighted by Gasteiger charge is -2.10. The Bertz CT molecular complexity index is 856. The van der Waals surface area contributed by atoms with Crippen molar-refractivity contribution in [1.82, 2.24) is 20.6 Å². The molecule has 0 aliphatic rings. The van der Waals surface area contributed by atoms with Gasteiger partial charge in [0.1, 0.15) is 12.0 Å². The van der Waals surface area contributed by atoms with Gasteiger partial charge in [0.25, 0.3) is 0 Å². The Morgan fingerprint density at radius 2 is 2.04 bits per heavy atom. The predicted octanol–water partition coefficient (Wildman–Crippen LogP) is 3.79. The van der Waals surface area contributed by atoms with Crippen molar-refractivity contribution in [3.8, 4) is 11.5 Å². The lowest BCUT2D eigenvalue weighted by atomic mass is 10.2. The van der Waals surface area contributed by atoms with Gasteiger partial charge in [0.2, 0.25) is 5.89 Å². The van der Waals surface area contributed by atoms with Crippen LogP contribution in [0.2, 0.25) is 0 Å². The number of benzene rings is 1. The van der Waals surface area contributed by atoms with Crippen LogP contribution in [0.3, 0.4) is 0 Å². The van der Waals surface area contributed by atoms with Crippen molar-refractivity contribution in [3.63, 3.8) is 0 Å². The number of thiazole rings is 1. The average Bonchev–Trinajstić information content (AvgIpc) is 3.33. The Labute approximate surface area is 163 Å². The molecule has 0 unspecified atom stereocenters. The van der Waals surface area contributed by atoms with Crippen LogP contribution in [0.1, 0.15) is 29.7 Å². The Balaban J connectivity index is 1.50. The molecule has 0 aliphatic carbocycles. The lowest BCUT2D eigenvalue weighted by Crippen LogP contribution is -2.37. The molecule has 0 amide bonds. The van der Waals surface area contributed by atoms with Crippen molar-refractivity contribution in [2.24, 2.45) is 4.99 Å². The number of oxazole rings is 1. The van der Waals surface area contributed by atoms with E-state index in [0.29, 0.717) is 12.4 Å². The van der Waals surface area contributed by atoms with E-state index in [-0.39, 0.29) is 0 Å². The number of aryl methyl sites for hydroxylation is 2. The van der Waals surface area contributed by atoms with Crippen molar-refractivity contribution in [3.05, 3.63) is 58.4 Å². The molecule has 0 fully saturated rings. The third kappa shape index (κ3) is 5.92. The minimum Gasteiger partial charge on any atom is -0.444 e. The molecule has 2 aromatic heterocycles. The van der Waals surface area contributed by atoms with Crippen LogP contribution in [-0.4, -0.2) is 29.0 Å². The number of hydrogen-bond donors (Lipinski definition) is 2. The highest BCUT2D eigenvalue weighted by molar-refractivity contribution is 7.09. The molecular weight excluding hydrogens is 358 g/mol. The quantitative estimate of drug-likeness (QED) is 0.352. The van der Waals surface area contributed by atoms with Gasteiger partial charge in [-0.3, -0.25) is 0 Å². The summed E-state index contributed by atoms with van der Waals surface area (Å²) in [7, 11) is 0. The summed E-state index contributed by atoms with van der Waals surface area (Å²) < 4.78 is 5.57.